The van der Waals surface area contributed by atoms with Crippen LogP contribution in [0.4, 0.5) is 11.4 Å². The molecule has 0 aliphatic heterocycles. The Kier molecular flexibility index (Phi) is 8.32. The zero-order valence-corrected chi connectivity index (χ0v) is 22.4. The molecule has 1 unspecified atom stereocenters. The van der Waals surface area contributed by atoms with Gasteiger partial charge in [0.25, 0.3) is 11.8 Å². The summed E-state index contributed by atoms with van der Waals surface area (Å²) in [6.07, 6.45) is 0.934. The predicted octanol–water partition coefficient (Wildman–Crippen LogP) is 4.02. The van der Waals surface area contributed by atoms with Gasteiger partial charge in [0.15, 0.2) is 0 Å². The number of methoxy groups -OCH3 is 1. The maximum absolute atomic E-state index is 13.5. The van der Waals surface area contributed by atoms with Gasteiger partial charge in [-0.25, -0.2) is 0 Å². The first-order valence-electron chi connectivity index (χ1n) is 11.7. The van der Waals surface area contributed by atoms with E-state index in [0.29, 0.717) is 33.8 Å². The maximum Gasteiger partial charge on any atom is 0.254 e. The molecule has 0 aliphatic carbocycles. The van der Waals surface area contributed by atoms with Gasteiger partial charge in [-0.05, 0) is 47.5 Å². The Morgan fingerprint density at radius 1 is 1.03 bits per heavy atom. The van der Waals surface area contributed by atoms with Crippen LogP contribution in [-0.4, -0.2) is 45.2 Å². The Labute approximate surface area is 213 Å². The average Bonchev–Trinajstić information content (AvgIpc) is 2.85. The fraction of sp³-hybridized carbons (Fsp3) is 0.250. The molecule has 0 fully saturated rings. The lowest BCUT2D eigenvalue weighted by atomic mass is 10.0. The number of nitrogens with two attached hydrogens (primary N) is 1. The summed E-state index contributed by atoms with van der Waals surface area (Å²) in [5.74, 6) is -0.0703. The number of likely N-dealkylation sites (N-methyl/N-ethyl adjacent to an activating group) is 1. The molecule has 0 aromatic heterocycles. The number of nitrogen functional groups attached to an aromatic ring is 1. The van der Waals surface area contributed by atoms with E-state index in [2.05, 4.69) is 25.0 Å². The number of benzene rings is 3. The number of carbonyl (C=O) groups excluding carboxylic acids is 3. The van der Waals surface area contributed by atoms with E-state index < -0.39 is 14.1 Å². The van der Waals surface area contributed by atoms with Crippen molar-refractivity contribution in [1.29, 1.82) is 0 Å². The van der Waals surface area contributed by atoms with Gasteiger partial charge in [-0.1, -0.05) is 55.2 Å². The van der Waals surface area contributed by atoms with Crippen LogP contribution in [-0.2, 0) is 16.0 Å². The first-order chi connectivity index (χ1) is 17.0. The SMILES string of the molecule is COc1ccc(C(C(=O)Nc2ccc([Si](C)(C)C)cc2)N(C)C(=O)c2ccc(CC=O)c(N)c2)cc1. The fourth-order valence-corrected chi connectivity index (χ4v) is 5.09. The van der Waals surface area contributed by atoms with Crippen molar-refractivity contribution < 1.29 is 19.1 Å². The van der Waals surface area contributed by atoms with Gasteiger partial charge in [-0.3, -0.25) is 9.59 Å². The smallest absolute Gasteiger partial charge is 0.254 e. The van der Waals surface area contributed by atoms with Crippen molar-refractivity contribution >= 4 is 42.7 Å². The lowest BCUT2D eigenvalue weighted by Gasteiger charge is -2.28. The van der Waals surface area contributed by atoms with Gasteiger partial charge < -0.3 is 25.5 Å². The molecule has 0 saturated carbocycles. The highest BCUT2D eigenvalue weighted by Crippen LogP contribution is 2.26. The molecule has 0 saturated heterocycles. The van der Waals surface area contributed by atoms with Crippen LogP contribution in [0.5, 0.6) is 5.75 Å². The summed E-state index contributed by atoms with van der Waals surface area (Å²) in [4.78, 5) is 39.2. The first-order valence-corrected chi connectivity index (χ1v) is 15.2. The molecule has 1 atom stereocenters. The van der Waals surface area contributed by atoms with Gasteiger partial charge in [-0.15, -0.1) is 0 Å². The van der Waals surface area contributed by atoms with Crippen LogP contribution in [0.3, 0.4) is 0 Å². The Morgan fingerprint density at radius 2 is 1.67 bits per heavy atom. The third kappa shape index (κ3) is 6.20. The van der Waals surface area contributed by atoms with Crippen molar-refractivity contribution in [3.63, 3.8) is 0 Å². The van der Waals surface area contributed by atoms with Crippen LogP contribution in [0.25, 0.3) is 0 Å². The van der Waals surface area contributed by atoms with Crippen LogP contribution in [0.1, 0.15) is 27.5 Å². The Bertz CT molecular complexity index is 1240. The topological polar surface area (TPSA) is 102 Å². The van der Waals surface area contributed by atoms with Crippen LogP contribution in [0, 0.1) is 0 Å². The van der Waals surface area contributed by atoms with E-state index in [-0.39, 0.29) is 18.2 Å². The van der Waals surface area contributed by atoms with Crippen molar-refractivity contribution in [2.75, 3.05) is 25.2 Å². The maximum atomic E-state index is 13.5. The number of nitrogens with zero attached hydrogens (tertiary/aromatic N) is 1. The minimum Gasteiger partial charge on any atom is -0.497 e. The van der Waals surface area contributed by atoms with E-state index in [0.717, 1.165) is 6.29 Å². The summed E-state index contributed by atoms with van der Waals surface area (Å²) in [6.45, 7) is 6.79. The van der Waals surface area contributed by atoms with E-state index in [9.17, 15) is 14.4 Å². The standard InChI is InChI=1S/C28H33N3O4Si/c1-31(28(34)21-7-6-19(16-17-32)25(29)18-21)26(20-8-12-23(35-2)13-9-20)27(33)30-22-10-14-24(15-11-22)36(3,4)5/h6-15,17-18,26H,16,29H2,1-5H3,(H,30,33). The van der Waals surface area contributed by atoms with Crippen molar-refractivity contribution in [1.82, 2.24) is 4.90 Å². The second-order valence-corrected chi connectivity index (χ2v) is 14.8. The summed E-state index contributed by atoms with van der Waals surface area (Å²) in [6, 6.07) is 18.8. The summed E-state index contributed by atoms with van der Waals surface area (Å²) >= 11 is 0. The lowest BCUT2D eigenvalue weighted by molar-refractivity contribution is -0.120. The second-order valence-electron chi connectivity index (χ2n) is 9.69. The molecular formula is C28H33N3O4Si. The van der Waals surface area contributed by atoms with Gasteiger partial charge in [0.05, 0.1) is 15.2 Å². The van der Waals surface area contributed by atoms with Gasteiger partial charge in [0, 0.05) is 30.4 Å². The third-order valence-electron chi connectivity index (χ3n) is 6.10. The van der Waals surface area contributed by atoms with Gasteiger partial charge >= 0.3 is 0 Å². The van der Waals surface area contributed by atoms with Crippen molar-refractivity contribution in [3.05, 3.63) is 83.4 Å². The van der Waals surface area contributed by atoms with E-state index in [4.69, 9.17) is 10.5 Å². The quantitative estimate of drug-likeness (QED) is 0.261. The Balaban J connectivity index is 1.92. The molecule has 7 nitrogen and oxygen atoms in total. The summed E-state index contributed by atoms with van der Waals surface area (Å²) in [5.41, 5.74) is 8.67. The number of hydrogen-bond donors (Lipinski definition) is 2. The Morgan fingerprint density at radius 3 is 2.19 bits per heavy atom. The number of rotatable bonds is 9. The number of hydrogen-bond acceptors (Lipinski definition) is 5. The molecule has 188 valence electrons. The zero-order valence-electron chi connectivity index (χ0n) is 21.4. The minimum absolute atomic E-state index is 0.170. The molecule has 3 aromatic rings. The average molecular weight is 504 g/mol. The van der Waals surface area contributed by atoms with Crippen molar-refractivity contribution in [3.8, 4) is 5.75 Å². The monoisotopic (exact) mass is 503 g/mol. The first kappa shape index (κ1) is 26.7. The predicted molar refractivity (Wildman–Crippen MR) is 147 cm³/mol. The molecule has 0 radical (unpaired) electrons. The number of carbonyl (C=O) groups is 3. The largest absolute Gasteiger partial charge is 0.497 e. The second kappa shape index (κ2) is 11.2. The molecular weight excluding hydrogens is 470 g/mol. The number of aldehydes is 1. The molecule has 0 aliphatic rings. The van der Waals surface area contributed by atoms with Gasteiger partial charge in [0.2, 0.25) is 0 Å². The molecule has 3 aromatic carbocycles. The van der Waals surface area contributed by atoms with Crippen LogP contribution < -0.4 is 21.0 Å². The normalized spacial score (nSPS) is 11.9. The molecule has 0 spiro atoms. The van der Waals surface area contributed by atoms with Crippen LogP contribution in [0.15, 0.2) is 66.7 Å². The summed E-state index contributed by atoms with van der Waals surface area (Å²) in [7, 11) is 1.68. The molecule has 8 heteroatoms. The van der Waals surface area contributed by atoms with Crippen LogP contribution in [0.2, 0.25) is 19.6 Å². The fourth-order valence-electron chi connectivity index (χ4n) is 3.93. The minimum atomic E-state index is -1.47. The molecule has 36 heavy (non-hydrogen) atoms. The van der Waals surface area contributed by atoms with Gasteiger partial charge in [-0.2, -0.15) is 0 Å². The Hall–Kier alpha value is -3.91. The highest BCUT2D eigenvalue weighted by Gasteiger charge is 2.30. The number of amides is 2. The summed E-state index contributed by atoms with van der Waals surface area (Å²) in [5, 5.41) is 4.25. The van der Waals surface area contributed by atoms with Crippen LogP contribution >= 0.6 is 0 Å². The molecule has 2 amide bonds. The molecule has 0 heterocycles. The highest BCUT2D eigenvalue weighted by atomic mass is 28.3. The van der Waals surface area contributed by atoms with E-state index in [1.165, 1.54) is 16.2 Å². The zero-order chi connectivity index (χ0) is 26.5. The highest BCUT2D eigenvalue weighted by molar-refractivity contribution is 6.88. The lowest BCUT2D eigenvalue weighted by Crippen LogP contribution is -2.39. The number of ether oxygens (including phenoxy) is 1. The third-order valence-corrected chi connectivity index (χ3v) is 8.17. The van der Waals surface area contributed by atoms with Gasteiger partial charge in [0.1, 0.15) is 18.1 Å². The van der Waals surface area contributed by atoms with Crippen molar-refractivity contribution in [2.45, 2.75) is 32.1 Å². The number of nitrogens with one attached hydrogen (secondary N) is 1. The van der Waals surface area contributed by atoms with E-state index in [1.54, 1.807) is 50.6 Å². The number of anilines is 2. The molecule has 0 bridgehead atoms. The molecule has 3 rings (SSSR count). The molecule has 3 N–H and O–H groups in total. The van der Waals surface area contributed by atoms with Crippen molar-refractivity contribution in [2.24, 2.45) is 0 Å². The summed E-state index contributed by atoms with van der Waals surface area (Å²) < 4.78 is 5.25. The van der Waals surface area contributed by atoms with E-state index in [1.807, 2.05) is 24.3 Å². The van der Waals surface area contributed by atoms with E-state index >= 15 is 0 Å².